The Hall–Kier alpha value is -1.63. The third-order valence-electron chi connectivity index (χ3n) is 3.11. The summed E-state index contributed by atoms with van der Waals surface area (Å²) >= 11 is 0. The van der Waals surface area contributed by atoms with E-state index in [2.05, 4.69) is 10.6 Å². The van der Waals surface area contributed by atoms with Crippen molar-refractivity contribution in [3.05, 3.63) is 0 Å². The second kappa shape index (κ2) is 10.1. The zero-order valence-electron chi connectivity index (χ0n) is 13.3. The van der Waals surface area contributed by atoms with Gasteiger partial charge in [0.05, 0.1) is 12.6 Å². The minimum atomic E-state index is -1.12. The summed E-state index contributed by atoms with van der Waals surface area (Å²) in [6.45, 7) is 8.93. The number of nitrogens with one attached hydrogen (secondary N) is 2. The van der Waals surface area contributed by atoms with Crippen LogP contribution in [0, 0.1) is 5.92 Å². The van der Waals surface area contributed by atoms with Crippen molar-refractivity contribution < 1.29 is 19.5 Å². The van der Waals surface area contributed by atoms with Crippen LogP contribution in [-0.2, 0) is 14.4 Å². The van der Waals surface area contributed by atoms with E-state index in [-0.39, 0.29) is 18.5 Å². The van der Waals surface area contributed by atoms with E-state index in [0.717, 1.165) is 13.1 Å². The predicted molar refractivity (Wildman–Crippen MR) is 79.8 cm³/mol. The molecule has 7 nitrogen and oxygen atoms in total. The van der Waals surface area contributed by atoms with E-state index < -0.39 is 18.4 Å². The standard InChI is InChI=1S/C14H27N3O4/c1-5-17(6-2)11(7-10(3)4)14(21)16-8-12(18)15-9-13(19)20/h10-11H,5-9H2,1-4H3,(H,15,18)(H,16,21)(H,19,20). The van der Waals surface area contributed by atoms with Crippen LogP contribution in [0.25, 0.3) is 0 Å². The van der Waals surface area contributed by atoms with Crippen LogP contribution < -0.4 is 10.6 Å². The summed E-state index contributed by atoms with van der Waals surface area (Å²) in [5.74, 6) is -1.45. The summed E-state index contributed by atoms with van der Waals surface area (Å²) in [5, 5.41) is 13.2. The first-order valence-corrected chi connectivity index (χ1v) is 7.31. The van der Waals surface area contributed by atoms with Crippen molar-refractivity contribution in [2.45, 2.75) is 40.2 Å². The van der Waals surface area contributed by atoms with Gasteiger partial charge >= 0.3 is 5.97 Å². The molecule has 0 bridgehead atoms. The van der Waals surface area contributed by atoms with Crippen LogP contribution >= 0.6 is 0 Å². The van der Waals surface area contributed by atoms with Crippen LogP contribution in [0.15, 0.2) is 0 Å². The van der Waals surface area contributed by atoms with Crippen molar-refractivity contribution >= 4 is 17.8 Å². The van der Waals surface area contributed by atoms with Gasteiger partial charge in [0.25, 0.3) is 0 Å². The molecule has 0 heterocycles. The molecule has 0 fully saturated rings. The lowest BCUT2D eigenvalue weighted by atomic mass is 10.0. The maximum atomic E-state index is 12.2. The summed E-state index contributed by atoms with van der Waals surface area (Å²) in [7, 11) is 0. The molecule has 0 aliphatic carbocycles. The molecule has 3 N–H and O–H groups in total. The summed E-state index contributed by atoms with van der Waals surface area (Å²) in [6.07, 6.45) is 0.713. The molecular formula is C14H27N3O4. The highest BCUT2D eigenvalue weighted by molar-refractivity contribution is 5.88. The van der Waals surface area contributed by atoms with Gasteiger partial charge in [0.15, 0.2) is 0 Å². The molecule has 0 aliphatic rings. The van der Waals surface area contributed by atoms with Crippen LogP contribution in [-0.4, -0.2) is 60.0 Å². The normalized spacial score (nSPS) is 12.3. The van der Waals surface area contributed by atoms with Crippen LogP contribution in [0.3, 0.4) is 0 Å². The Morgan fingerprint density at radius 1 is 1.05 bits per heavy atom. The average Bonchev–Trinajstić information content (AvgIpc) is 2.42. The molecule has 122 valence electrons. The van der Waals surface area contributed by atoms with Gasteiger partial charge in [-0.05, 0) is 25.4 Å². The van der Waals surface area contributed by atoms with Crippen molar-refractivity contribution in [3.63, 3.8) is 0 Å². The molecule has 0 aromatic heterocycles. The molecule has 0 radical (unpaired) electrons. The van der Waals surface area contributed by atoms with Gasteiger partial charge in [0, 0.05) is 0 Å². The smallest absolute Gasteiger partial charge is 0.322 e. The van der Waals surface area contributed by atoms with Crippen LogP contribution in [0.5, 0.6) is 0 Å². The number of nitrogens with zero attached hydrogens (tertiary/aromatic N) is 1. The quantitative estimate of drug-likeness (QED) is 0.530. The molecule has 21 heavy (non-hydrogen) atoms. The van der Waals surface area contributed by atoms with E-state index in [4.69, 9.17) is 5.11 Å². The molecule has 0 aromatic carbocycles. The maximum absolute atomic E-state index is 12.2. The summed E-state index contributed by atoms with van der Waals surface area (Å²) in [5.41, 5.74) is 0. The third-order valence-corrected chi connectivity index (χ3v) is 3.11. The number of aliphatic carboxylic acids is 1. The Morgan fingerprint density at radius 2 is 1.62 bits per heavy atom. The van der Waals surface area contributed by atoms with E-state index in [0.29, 0.717) is 12.3 Å². The highest BCUT2D eigenvalue weighted by atomic mass is 16.4. The number of rotatable bonds is 10. The SMILES string of the molecule is CCN(CC)C(CC(C)C)C(=O)NCC(=O)NCC(=O)O. The van der Waals surface area contributed by atoms with Crippen LogP contribution in [0.2, 0.25) is 0 Å². The number of carbonyl (C=O) groups is 3. The largest absolute Gasteiger partial charge is 0.480 e. The molecular weight excluding hydrogens is 274 g/mol. The molecule has 0 aromatic rings. The van der Waals surface area contributed by atoms with Gasteiger partial charge in [-0.1, -0.05) is 27.7 Å². The fourth-order valence-corrected chi connectivity index (χ4v) is 2.05. The minimum Gasteiger partial charge on any atom is -0.480 e. The summed E-state index contributed by atoms with van der Waals surface area (Å²) in [6, 6.07) is -0.271. The number of carbonyl (C=O) groups excluding carboxylic acids is 2. The number of carboxylic acids is 1. The monoisotopic (exact) mass is 301 g/mol. The second-order valence-corrected chi connectivity index (χ2v) is 5.25. The molecule has 1 unspecified atom stereocenters. The number of hydrogen-bond acceptors (Lipinski definition) is 4. The van der Waals surface area contributed by atoms with Crippen molar-refractivity contribution in [1.82, 2.24) is 15.5 Å². The topological polar surface area (TPSA) is 98.7 Å². The summed E-state index contributed by atoms with van der Waals surface area (Å²) < 4.78 is 0. The molecule has 0 saturated heterocycles. The van der Waals surface area contributed by atoms with E-state index in [1.54, 1.807) is 0 Å². The highest BCUT2D eigenvalue weighted by Crippen LogP contribution is 2.11. The summed E-state index contributed by atoms with van der Waals surface area (Å²) in [4.78, 5) is 36.0. The van der Waals surface area contributed by atoms with Gasteiger partial charge < -0.3 is 15.7 Å². The Labute approximate surface area is 126 Å². The molecule has 0 spiro atoms. The van der Waals surface area contributed by atoms with Crippen molar-refractivity contribution in [2.75, 3.05) is 26.2 Å². The zero-order chi connectivity index (χ0) is 16.4. The lowest BCUT2D eigenvalue weighted by Gasteiger charge is -2.29. The van der Waals surface area contributed by atoms with Gasteiger partial charge in [-0.25, -0.2) is 0 Å². The first-order valence-electron chi connectivity index (χ1n) is 7.31. The van der Waals surface area contributed by atoms with E-state index >= 15 is 0 Å². The Balaban J connectivity index is 4.46. The Bertz CT molecular complexity index is 354. The van der Waals surface area contributed by atoms with Crippen molar-refractivity contribution in [1.29, 1.82) is 0 Å². The van der Waals surface area contributed by atoms with Crippen molar-refractivity contribution in [2.24, 2.45) is 5.92 Å². The molecule has 1 atom stereocenters. The number of likely N-dealkylation sites (N-methyl/N-ethyl adjacent to an activating group) is 1. The number of carboxylic acid groups (broad SMARTS) is 1. The van der Waals surface area contributed by atoms with Gasteiger partial charge in [-0.15, -0.1) is 0 Å². The fourth-order valence-electron chi connectivity index (χ4n) is 2.05. The molecule has 0 saturated carbocycles. The molecule has 2 amide bonds. The number of amides is 2. The zero-order valence-corrected chi connectivity index (χ0v) is 13.3. The average molecular weight is 301 g/mol. The maximum Gasteiger partial charge on any atom is 0.322 e. The van der Waals surface area contributed by atoms with Gasteiger partial charge in [0.2, 0.25) is 11.8 Å². The lowest BCUT2D eigenvalue weighted by molar-refractivity contribution is -0.137. The van der Waals surface area contributed by atoms with E-state index in [1.807, 2.05) is 32.6 Å². The Kier molecular flexibility index (Phi) is 9.36. The second-order valence-electron chi connectivity index (χ2n) is 5.25. The lowest BCUT2D eigenvalue weighted by Crippen LogP contribution is -2.49. The molecule has 0 aliphatic heterocycles. The van der Waals surface area contributed by atoms with Gasteiger partial charge in [-0.2, -0.15) is 0 Å². The Morgan fingerprint density at radius 3 is 2.05 bits per heavy atom. The molecule has 7 heteroatoms. The molecule has 0 rings (SSSR count). The van der Waals surface area contributed by atoms with Gasteiger partial charge in [-0.3, -0.25) is 19.3 Å². The minimum absolute atomic E-state index is 0.196. The first kappa shape index (κ1) is 19.4. The van der Waals surface area contributed by atoms with E-state index in [9.17, 15) is 14.4 Å². The number of hydrogen-bond donors (Lipinski definition) is 3. The van der Waals surface area contributed by atoms with Crippen LogP contribution in [0.1, 0.15) is 34.1 Å². The third kappa shape index (κ3) is 8.29. The van der Waals surface area contributed by atoms with Crippen molar-refractivity contribution in [3.8, 4) is 0 Å². The van der Waals surface area contributed by atoms with Gasteiger partial charge in [0.1, 0.15) is 6.54 Å². The highest BCUT2D eigenvalue weighted by Gasteiger charge is 2.25. The fraction of sp³-hybridized carbons (Fsp3) is 0.786. The predicted octanol–water partition coefficient (Wildman–Crippen LogP) is 0.0599. The first-order chi connectivity index (χ1) is 9.81. The van der Waals surface area contributed by atoms with E-state index in [1.165, 1.54) is 0 Å². The van der Waals surface area contributed by atoms with Crippen LogP contribution in [0.4, 0.5) is 0 Å².